The molecule has 3 aromatic rings. The lowest BCUT2D eigenvalue weighted by Gasteiger charge is -2.14. The maximum Gasteiger partial charge on any atom is 0.347 e. The Kier molecular flexibility index (Phi) is 8.07. The molecule has 0 saturated carbocycles. The van der Waals surface area contributed by atoms with Crippen molar-refractivity contribution >= 4 is 23.5 Å². The second-order valence-corrected chi connectivity index (χ2v) is 7.38. The molecule has 0 bridgehead atoms. The highest BCUT2D eigenvalue weighted by molar-refractivity contribution is 6.31. The van der Waals surface area contributed by atoms with Gasteiger partial charge in [0.05, 0.1) is 0 Å². The molecule has 1 unspecified atom stereocenters. The summed E-state index contributed by atoms with van der Waals surface area (Å²) < 4.78 is 10.9. The second kappa shape index (κ2) is 11.2. The van der Waals surface area contributed by atoms with Crippen LogP contribution in [0.2, 0.25) is 5.02 Å². The molecular formula is C25H24ClNO4. The highest BCUT2D eigenvalue weighted by Crippen LogP contribution is 2.17. The van der Waals surface area contributed by atoms with Crippen molar-refractivity contribution in [1.29, 1.82) is 0 Å². The van der Waals surface area contributed by atoms with E-state index in [0.29, 0.717) is 22.9 Å². The molecule has 1 amide bonds. The number of carbonyl (C=O) groups excluding carboxylic acids is 2. The molecule has 0 aliphatic carbocycles. The Bertz CT molecular complexity index is 1010. The monoisotopic (exact) mass is 437 g/mol. The molecule has 6 heteroatoms. The maximum absolute atomic E-state index is 12.3. The molecular weight excluding hydrogens is 414 g/mol. The Morgan fingerprint density at radius 1 is 0.935 bits per heavy atom. The average molecular weight is 438 g/mol. The first-order valence-corrected chi connectivity index (χ1v) is 10.4. The summed E-state index contributed by atoms with van der Waals surface area (Å²) in [7, 11) is 0. The van der Waals surface area contributed by atoms with E-state index in [0.717, 1.165) is 12.0 Å². The lowest BCUT2D eigenvalue weighted by Crippen LogP contribution is -2.26. The van der Waals surface area contributed by atoms with E-state index in [1.165, 1.54) is 5.56 Å². The summed E-state index contributed by atoms with van der Waals surface area (Å²) in [5.74, 6) is -0.180. The highest BCUT2D eigenvalue weighted by Gasteiger charge is 2.17. The van der Waals surface area contributed by atoms with E-state index in [1.54, 1.807) is 43.3 Å². The van der Waals surface area contributed by atoms with E-state index in [1.807, 2.05) is 42.5 Å². The summed E-state index contributed by atoms with van der Waals surface area (Å²) in [5, 5.41) is 3.44. The van der Waals surface area contributed by atoms with Crippen molar-refractivity contribution in [1.82, 2.24) is 5.32 Å². The fraction of sp³-hybridized carbons (Fsp3) is 0.200. The van der Waals surface area contributed by atoms with Crippen molar-refractivity contribution in [2.24, 2.45) is 0 Å². The number of benzene rings is 3. The lowest BCUT2D eigenvalue weighted by atomic mass is 10.1. The zero-order valence-electron chi connectivity index (χ0n) is 17.2. The molecule has 3 rings (SSSR count). The summed E-state index contributed by atoms with van der Waals surface area (Å²) in [6.07, 6.45) is -0.0326. The SMILES string of the molecule is CC(Oc1ccc(C(=O)NCCc2ccccc2)cc1)C(=O)OCc1ccccc1Cl. The Morgan fingerprint density at radius 2 is 1.61 bits per heavy atom. The number of halogens is 1. The molecule has 0 aromatic heterocycles. The van der Waals surface area contributed by atoms with E-state index < -0.39 is 12.1 Å². The van der Waals surface area contributed by atoms with Gasteiger partial charge >= 0.3 is 5.97 Å². The van der Waals surface area contributed by atoms with E-state index >= 15 is 0 Å². The Hall–Kier alpha value is -3.31. The van der Waals surface area contributed by atoms with Crippen LogP contribution in [0.4, 0.5) is 0 Å². The van der Waals surface area contributed by atoms with Gasteiger partial charge in [0, 0.05) is 22.7 Å². The maximum atomic E-state index is 12.3. The summed E-state index contributed by atoms with van der Waals surface area (Å²) in [5.41, 5.74) is 2.42. The van der Waals surface area contributed by atoms with E-state index in [9.17, 15) is 9.59 Å². The van der Waals surface area contributed by atoms with Gasteiger partial charge in [-0.1, -0.05) is 60.1 Å². The van der Waals surface area contributed by atoms with Crippen molar-refractivity contribution in [3.63, 3.8) is 0 Å². The van der Waals surface area contributed by atoms with Crippen LogP contribution in [0.15, 0.2) is 78.9 Å². The summed E-state index contributed by atoms with van der Waals surface area (Å²) >= 11 is 6.07. The zero-order valence-corrected chi connectivity index (χ0v) is 18.0. The number of hydrogen-bond acceptors (Lipinski definition) is 4. The minimum Gasteiger partial charge on any atom is -0.479 e. The van der Waals surface area contributed by atoms with Gasteiger partial charge in [0.1, 0.15) is 12.4 Å². The van der Waals surface area contributed by atoms with Crippen molar-refractivity contribution in [3.05, 3.63) is 101 Å². The third-order valence-corrected chi connectivity index (χ3v) is 5.00. The first-order chi connectivity index (χ1) is 15.0. The minimum atomic E-state index is -0.798. The normalized spacial score (nSPS) is 11.4. The topological polar surface area (TPSA) is 64.6 Å². The molecule has 31 heavy (non-hydrogen) atoms. The first kappa shape index (κ1) is 22.4. The van der Waals surface area contributed by atoms with Crippen LogP contribution >= 0.6 is 11.6 Å². The van der Waals surface area contributed by atoms with Gasteiger partial charge in [-0.05, 0) is 49.2 Å². The number of rotatable bonds is 9. The van der Waals surface area contributed by atoms with Crippen molar-refractivity contribution in [2.75, 3.05) is 6.54 Å². The fourth-order valence-electron chi connectivity index (χ4n) is 2.89. The number of carbonyl (C=O) groups is 2. The quantitative estimate of drug-likeness (QED) is 0.487. The Balaban J connectivity index is 1.45. The number of amides is 1. The number of nitrogens with one attached hydrogen (secondary N) is 1. The average Bonchev–Trinajstić information content (AvgIpc) is 2.79. The van der Waals surface area contributed by atoms with Gasteiger partial charge in [-0.2, -0.15) is 0 Å². The molecule has 0 spiro atoms. The summed E-state index contributed by atoms with van der Waals surface area (Å²) in [6.45, 7) is 2.24. The predicted molar refractivity (Wildman–Crippen MR) is 120 cm³/mol. The predicted octanol–water partition coefficient (Wildman–Crippen LogP) is 4.82. The highest BCUT2D eigenvalue weighted by atomic mass is 35.5. The van der Waals surface area contributed by atoms with Crippen molar-refractivity contribution in [3.8, 4) is 5.75 Å². The number of ether oxygens (including phenoxy) is 2. The summed E-state index contributed by atoms with van der Waals surface area (Å²) in [6, 6.07) is 23.8. The largest absolute Gasteiger partial charge is 0.479 e. The van der Waals surface area contributed by atoms with Gasteiger partial charge in [-0.3, -0.25) is 4.79 Å². The van der Waals surface area contributed by atoms with Gasteiger partial charge in [0.2, 0.25) is 0 Å². The smallest absolute Gasteiger partial charge is 0.347 e. The van der Waals surface area contributed by atoms with Crippen molar-refractivity contribution in [2.45, 2.75) is 26.1 Å². The molecule has 0 radical (unpaired) electrons. The van der Waals surface area contributed by atoms with Gasteiger partial charge in [0.15, 0.2) is 6.10 Å². The standard InChI is InChI=1S/C25H24ClNO4/c1-18(25(29)30-17-21-9-5-6-10-23(21)26)31-22-13-11-20(12-14-22)24(28)27-16-15-19-7-3-2-4-8-19/h2-14,18H,15-17H2,1H3,(H,27,28). The minimum absolute atomic E-state index is 0.0777. The van der Waals surface area contributed by atoms with Crippen LogP contribution in [0.3, 0.4) is 0 Å². The van der Waals surface area contributed by atoms with Gasteiger partial charge in [-0.15, -0.1) is 0 Å². The van der Waals surface area contributed by atoms with Crippen LogP contribution in [-0.2, 0) is 22.6 Å². The molecule has 1 atom stereocenters. The van der Waals surface area contributed by atoms with E-state index in [-0.39, 0.29) is 12.5 Å². The summed E-state index contributed by atoms with van der Waals surface area (Å²) in [4.78, 5) is 24.5. The van der Waals surface area contributed by atoms with Gasteiger partial charge in [0.25, 0.3) is 5.91 Å². The van der Waals surface area contributed by atoms with E-state index in [4.69, 9.17) is 21.1 Å². The molecule has 0 fully saturated rings. The van der Waals surface area contributed by atoms with Crippen molar-refractivity contribution < 1.29 is 19.1 Å². The van der Waals surface area contributed by atoms with Crippen LogP contribution in [0.5, 0.6) is 5.75 Å². The molecule has 3 aromatic carbocycles. The number of esters is 1. The van der Waals surface area contributed by atoms with Crippen LogP contribution in [0.25, 0.3) is 0 Å². The molecule has 160 valence electrons. The molecule has 0 heterocycles. The van der Waals surface area contributed by atoms with Gasteiger partial charge < -0.3 is 14.8 Å². The molecule has 5 nitrogen and oxygen atoms in total. The van der Waals surface area contributed by atoms with Crippen LogP contribution in [-0.4, -0.2) is 24.5 Å². The Labute approximate surface area is 187 Å². The Morgan fingerprint density at radius 3 is 2.32 bits per heavy atom. The van der Waals surface area contributed by atoms with Gasteiger partial charge in [-0.25, -0.2) is 4.79 Å². The van der Waals surface area contributed by atoms with E-state index in [2.05, 4.69) is 5.32 Å². The molecule has 0 aliphatic heterocycles. The fourth-order valence-corrected chi connectivity index (χ4v) is 3.08. The third-order valence-electron chi connectivity index (χ3n) is 4.63. The molecule has 1 N–H and O–H groups in total. The van der Waals surface area contributed by atoms with Crippen LogP contribution < -0.4 is 10.1 Å². The molecule has 0 saturated heterocycles. The molecule has 0 aliphatic rings. The lowest BCUT2D eigenvalue weighted by molar-refractivity contribution is -0.152. The van der Waals surface area contributed by atoms with Crippen LogP contribution in [0.1, 0.15) is 28.4 Å². The zero-order chi connectivity index (χ0) is 22.1. The van der Waals surface area contributed by atoms with Crippen LogP contribution in [0, 0.1) is 0 Å². The number of hydrogen-bond donors (Lipinski definition) is 1. The first-order valence-electron chi connectivity index (χ1n) is 10.0. The third kappa shape index (κ3) is 6.86. The second-order valence-electron chi connectivity index (χ2n) is 6.98.